The Morgan fingerprint density at radius 1 is 1.64 bits per heavy atom. The van der Waals surface area contributed by atoms with Gasteiger partial charge in [0.15, 0.2) is 0 Å². The maximum absolute atomic E-state index is 10.8. The molecule has 0 spiro atoms. The molecule has 0 unspecified atom stereocenters. The number of carbonyl (C=O) groups is 1. The third-order valence-corrected chi connectivity index (χ3v) is 1.45. The Balaban J connectivity index is 3.00. The Morgan fingerprint density at radius 3 is 2.64 bits per heavy atom. The fraction of sp³-hybridized carbons (Fsp3) is 0.600. The molecule has 1 amide bonds. The second-order valence-corrected chi connectivity index (χ2v) is 2.61. The van der Waals surface area contributed by atoms with E-state index in [-0.39, 0.29) is 0 Å². The minimum Gasteiger partial charge on any atom is -0.368 e. The number of nitrogens with two attached hydrogens (primary N) is 1. The smallest absolute Gasteiger partial charge is 0.244 e. The van der Waals surface area contributed by atoms with Crippen molar-refractivity contribution in [1.82, 2.24) is 20.2 Å². The predicted octanol–water partition coefficient (Wildman–Crippen LogP) is -1.31. The Hall–Kier alpha value is -1.46. The van der Waals surface area contributed by atoms with Crippen LogP contribution in [-0.2, 0) is 10.3 Å². The molecule has 0 fully saturated rings. The van der Waals surface area contributed by atoms with Crippen molar-refractivity contribution in [2.75, 3.05) is 0 Å². The molecule has 6 nitrogen and oxygen atoms in total. The number of amides is 1. The van der Waals surface area contributed by atoms with Crippen LogP contribution in [0.2, 0.25) is 0 Å². The molecule has 1 aromatic heterocycles. The fourth-order valence-corrected chi connectivity index (χ4v) is 0.484. The van der Waals surface area contributed by atoms with Crippen molar-refractivity contribution in [1.29, 1.82) is 0 Å². The molecule has 59 valence electrons. The van der Waals surface area contributed by atoms with E-state index in [0.29, 0.717) is 0 Å². The molecule has 0 aliphatic rings. The molecule has 1 radical (unpaired) electrons. The Morgan fingerprint density at radius 2 is 2.27 bits per heavy atom. The molecule has 1 rings (SSSR count). The Kier molecular flexibility index (Phi) is 1.60. The number of carbonyl (C=O) groups excluding carboxylic acids is 1. The third-order valence-electron chi connectivity index (χ3n) is 1.45. The van der Waals surface area contributed by atoms with E-state index in [0.717, 1.165) is 0 Å². The van der Waals surface area contributed by atoms with Gasteiger partial charge in [-0.1, -0.05) is 0 Å². The van der Waals surface area contributed by atoms with E-state index in [2.05, 4.69) is 21.9 Å². The summed E-state index contributed by atoms with van der Waals surface area (Å²) in [6.07, 6.45) is 2.40. The first-order chi connectivity index (χ1) is 5.05. The van der Waals surface area contributed by atoms with Gasteiger partial charge in [-0.2, -0.15) is 0 Å². The summed E-state index contributed by atoms with van der Waals surface area (Å²) in [6, 6.07) is 0. The quantitative estimate of drug-likeness (QED) is 0.573. The zero-order chi connectivity index (χ0) is 8.48. The Bertz CT molecular complexity index is 252. The molecule has 11 heavy (non-hydrogen) atoms. The number of nitrogens with zero attached hydrogens (tertiary/aromatic N) is 4. The molecule has 0 bridgehead atoms. The van der Waals surface area contributed by atoms with Crippen LogP contribution in [0.25, 0.3) is 0 Å². The van der Waals surface area contributed by atoms with Crippen molar-refractivity contribution >= 4 is 5.91 Å². The number of aromatic nitrogens is 4. The summed E-state index contributed by atoms with van der Waals surface area (Å²) < 4.78 is 1.19. The normalized spacial score (nSPS) is 11.5. The topological polar surface area (TPSA) is 86.7 Å². The van der Waals surface area contributed by atoms with Gasteiger partial charge >= 0.3 is 0 Å². The zero-order valence-corrected chi connectivity index (χ0v) is 6.27. The maximum atomic E-state index is 10.8. The van der Waals surface area contributed by atoms with Crippen molar-refractivity contribution in [3.05, 3.63) is 6.33 Å². The van der Waals surface area contributed by atoms with Gasteiger partial charge in [0, 0.05) is 0 Å². The summed E-state index contributed by atoms with van der Waals surface area (Å²) in [6.45, 7) is 3.23. The van der Waals surface area contributed by atoms with E-state index in [4.69, 9.17) is 5.73 Å². The van der Waals surface area contributed by atoms with Crippen LogP contribution in [0.3, 0.4) is 0 Å². The molecular formula is C5H8N5O. The van der Waals surface area contributed by atoms with E-state index in [9.17, 15) is 4.79 Å². The maximum Gasteiger partial charge on any atom is 0.244 e. The highest BCUT2D eigenvalue weighted by molar-refractivity contribution is 5.81. The van der Waals surface area contributed by atoms with Gasteiger partial charge in [-0.05, 0) is 24.3 Å². The highest BCUT2D eigenvalue weighted by Gasteiger charge is 2.28. The van der Waals surface area contributed by atoms with Crippen LogP contribution >= 0.6 is 0 Å². The first-order valence-electron chi connectivity index (χ1n) is 3.01. The summed E-state index contributed by atoms with van der Waals surface area (Å²) in [5.74, 6) is -0.499. The first kappa shape index (κ1) is 7.64. The van der Waals surface area contributed by atoms with Gasteiger partial charge in [0.05, 0.1) is 0 Å². The lowest BCUT2D eigenvalue weighted by Crippen LogP contribution is -2.41. The van der Waals surface area contributed by atoms with Crippen LogP contribution in [0.15, 0.2) is 0 Å². The summed E-state index contributed by atoms with van der Waals surface area (Å²) in [4.78, 5) is 10.8. The van der Waals surface area contributed by atoms with Crippen molar-refractivity contribution in [3.63, 3.8) is 0 Å². The number of hydrogen-bond donors (Lipinski definition) is 1. The van der Waals surface area contributed by atoms with Crippen LogP contribution < -0.4 is 5.73 Å². The minimum absolute atomic E-state index is 0.499. The monoisotopic (exact) mass is 154 g/mol. The van der Waals surface area contributed by atoms with Gasteiger partial charge in [-0.3, -0.25) is 4.79 Å². The second kappa shape index (κ2) is 2.30. The van der Waals surface area contributed by atoms with Gasteiger partial charge < -0.3 is 5.73 Å². The van der Waals surface area contributed by atoms with Crippen LogP contribution in [0.5, 0.6) is 0 Å². The molecule has 0 saturated heterocycles. The molecule has 1 aromatic rings. The van der Waals surface area contributed by atoms with E-state index in [1.54, 1.807) is 13.8 Å². The van der Waals surface area contributed by atoms with Crippen molar-refractivity contribution in [2.45, 2.75) is 19.4 Å². The van der Waals surface area contributed by atoms with E-state index < -0.39 is 11.4 Å². The Labute approximate surface area is 63.4 Å². The van der Waals surface area contributed by atoms with Crippen molar-refractivity contribution in [3.8, 4) is 0 Å². The molecule has 0 saturated carbocycles. The zero-order valence-electron chi connectivity index (χ0n) is 6.27. The standard InChI is InChI=1S/C5H8N5O/c1-5(2,4(6)11)10-3-7-8-9-10/h1-2H3,(H2,6,11). The molecule has 0 aromatic carbocycles. The van der Waals surface area contributed by atoms with Gasteiger partial charge in [-0.25, -0.2) is 4.68 Å². The third kappa shape index (κ3) is 1.19. The molecule has 0 atom stereocenters. The van der Waals surface area contributed by atoms with E-state index >= 15 is 0 Å². The van der Waals surface area contributed by atoms with Gasteiger partial charge in [0.1, 0.15) is 5.54 Å². The number of primary amides is 1. The SMILES string of the molecule is CC(C)(C(N)=O)n1[c]nnn1. The lowest BCUT2D eigenvalue weighted by Gasteiger charge is -2.18. The predicted molar refractivity (Wildman–Crippen MR) is 35.2 cm³/mol. The number of tetrazole rings is 1. The summed E-state index contributed by atoms with van der Waals surface area (Å²) in [7, 11) is 0. The lowest BCUT2D eigenvalue weighted by molar-refractivity contribution is -0.125. The molecule has 2 N–H and O–H groups in total. The molecule has 1 heterocycles. The van der Waals surface area contributed by atoms with E-state index in [1.165, 1.54) is 4.68 Å². The van der Waals surface area contributed by atoms with Crippen LogP contribution in [0, 0.1) is 6.33 Å². The largest absolute Gasteiger partial charge is 0.368 e. The molecule has 6 heteroatoms. The van der Waals surface area contributed by atoms with Gasteiger partial charge in [-0.15, -0.1) is 5.10 Å². The summed E-state index contributed by atoms with van der Waals surface area (Å²) in [5, 5.41) is 10.1. The van der Waals surface area contributed by atoms with E-state index in [1.807, 2.05) is 0 Å². The summed E-state index contributed by atoms with van der Waals surface area (Å²) in [5.41, 5.74) is 4.17. The van der Waals surface area contributed by atoms with Crippen molar-refractivity contribution in [2.24, 2.45) is 5.73 Å². The summed E-state index contributed by atoms with van der Waals surface area (Å²) >= 11 is 0. The highest BCUT2D eigenvalue weighted by atomic mass is 16.1. The number of rotatable bonds is 2. The fourth-order valence-electron chi connectivity index (χ4n) is 0.484. The average Bonchev–Trinajstić information content (AvgIpc) is 2.37. The average molecular weight is 154 g/mol. The van der Waals surface area contributed by atoms with Gasteiger partial charge in [0.25, 0.3) is 0 Å². The second-order valence-electron chi connectivity index (χ2n) is 2.61. The van der Waals surface area contributed by atoms with Gasteiger partial charge in [0.2, 0.25) is 12.2 Å². The van der Waals surface area contributed by atoms with Crippen LogP contribution in [0.1, 0.15) is 13.8 Å². The molecule has 0 aliphatic carbocycles. The molecular weight excluding hydrogens is 146 g/mol. The lowest BCUT2D eigenvalue weighted by atomic mass is 10.1. The molecule has 0 aliphatic heterocycles. The highest BCUT2D eigenvalue weighted by Crippen LogP contribution is 2.09. The minimum atomic E-state index is -0.913. The first-order valence-corrected chi connectivity index (χ1v) is 3.01. The number of hydrogen-bond acceptors (Lipinski definition) is 4. The van der Waals surface area contributed by atoms with Crippen LogP contribution in [-0.4, -0.2) is 26.1 Å². The van der Waals surface area contributed by atoms with Crippen LogP contribution in [0.4, 0.5) is 0 Å². The van der Waals surface area contributed by atoms with Crippen molar-refractivity contribution < 1.29 is 4.79 Å².